The second-order valence-corrected chi connectivity index (χ2v) is 12.5. The monoisotopic (exact) mass is 537 g/mol. The molecule has 0 saturated heterocycles. The van der Waals surface area contributed by atoms with E-state index in [4.69, 9.17) is 4.74 Å². The molecule has 2 N–H and O–H groups in total. The van der Waals surface area contributed by atoms with Crippen LogP contribution in [0.2, 0.25) is 0 Å². The van der Waals surface area contributed by atoms with E-state index in [2.05, 4.69) is 18.8 Å². The number of ether oxygens (including phenoxy) is 1. The van der Waals surface area contributed by atoms with Crippen LogP contribution in [0, 0.1) is 17.8 Å². The summed E-state index contributed by atoms with van der Waals surface area (Å²) in [6.45, 7) is 14.3. The number of hydrogen-bond acceptors (Lipinski definition) is 5. The minimum absolute atomic E-state index is 0.0128. The van der Waals surface area contributed by atoms with Gasteiger partial charge in [-0.1, -0.05) is 51.5 Å². The quantitative estimate of drug-likeness (QED) is 0.183. The summed E-state index contributed by atoms with van der Waals surface area (Å²) in [4.78, 5) is 0.237. The largest absolute Gasteiger partial charge is 0.497 e. The second kappa shape index (κ2) is 14.8. The zero-order valence-electron chi connectivity index (χ0n) is 24.0. The van der Waals surface area contributed by atoms with Crippen LogP contribution in [0.25, 0.3) is 0 Å². The Morgan fingerprint density at radius 1 is 1.35 bits per heavy atom. The minimum atomic E-state index is -3.40. The van der Waals surface area contributed by atoms with Gasteiger partial charge in [0, 0.05) is 24.6 Å². The first kappa shape index (κ1) is 33.1. The van der Waals surface area contributed by atoms with Crippen LogP contribution in [0.15, 0.2) is 70.2 Å². The molecule has 0 amide bonds. The van der Waals surface area contributed by atoms with Crippen LogP contribution in [0.1, 0.15) is 66.7 Å². The Kier molecular flexibility index (Phi) is 13.3. The molecule has 3 unspecified atom stereocenters. The van der Waals surface area contributed by atoms with E-state index >= 15 is 0 Å². The highest BCUT2D eigenvalue weighted by Gasteiger charge is 2.42. The molecule has 7 heteroatoms. The lowest BCUT2D eigenvalue weighted by Gasteiger charge is -2.42. The molecule has 0 bridgehead atoms. The standard InChI is InChI=1S/C30H48FNO4S/c1-10-13-29(30(6,33)25(20-32-7)16-23-14-12-15-26(31)17-23)28(22(5)36-8)19-24(21(3)4)18-27(11-2)37(9,34)35/h11,15,17-19,21,25,29,32-33H,5,10,12-14,16,20H2,1-4,6-9H3. The van der Waals surface area contributed by atoms with Gasteiger partial charge in [0.2, 0.25) is 0 Å². The SMILES string of the molecule is C=C(OC)C(=CC(=CC(=CC)S(C)(=O)=O)C(C)C)C(CCC)C(C)(O)C(CNC)CC1=CC(F)=CCC1. The van der Waals surface area contributed by atoms with Crippen LogP contribution in [0.3, 0.4) is 0 Å². The van der Waals surface area contributed by atoms with Gasteiger partial charge < -0.3 is 15.2 Å². The molecule has 0 aromatic rings. The molecule has 1 aliphatic carbocycles. The zero-order valence-corrected chi connectivity index (χ0v) is 24.8. The topological polar surface area (TPSA) is 75.6 Å². The van der Waals surface area contributed by atoms with E-state index in [1.807, 2.05) is 33.9 Å². The summed E-state index contributed by atoms with van der Waals surface area (Å²) >= 11 is 0. The lowest BCUT2D eigenvalue weighted by atomic mass is 9.69. The van der Waals surface area contributed by atoms with Crippen molar-refractivity contribution >= 4 is 9.84 Å². The predicted octanol–water partition coefficient (Wildman–Crippen LogP) is 6.57. The third-order valence-electron chi connectivity index (χ3n) is 7.17. The Morgan fingerprint density at radius 2 is 2.00 bits per heavy atom. The number of halogens is 1. The number of nitrogens with one attached hydrogen (secondary N) is 1. The van der Waals surface area contributed by atoms with E-state index in [9.17, 15) is 17.9 Å². The maximum Gasteiger partial charge on any atom is 0.175 e. The molecule has 0 heterocycles. The van der Waals surface area contributed by atoms with Crippen LogP contribution in [0.5, 0.6) is 0 Å². The number of rotatable bonds is 15. The van der Waals surface area contributed by atoms with Gasteiger partial charge >= 0.3 is 0 Å². The first-order valence-corrected chi connectivity index (χ1v) is 15.1. The van der Waals surface area contributed by atoms with Crippen molar-refractivity contribution in [2.75, 3.05) is 27.0 Å². The Morgan fingerprint density at radius 3 is 2.46 bits per heavy atom. The van der Waals surface area contributed by atoms with Gasteiger partial charge in [0.1, 0.15) is 11.6 Å². The molecule has 0 aromatic carbocycles. The molecule has 5 nitrogen and oxygen atoms in total. The fraction of sp³-hybridized carbons (Fsp3) is 0.600. The first-order valence-electron chi connectivity index (χ1n) is 13.2. The number of hydrogen-bond donors (Lipinski definition) is 2. The van der Waals surface area contributed by atoms with Gasteiger partial charge in [-0.15, -0.1) is 0 Å². The Labute approximate surface area is 224 Å². The molecule has 37 heavy (non-hydrogen) atoms. The number of sulfone groups is 1. The summed E-state index contributed by atoms with van der Waals surface area (Å²) in [5.74, 6) is -0.324. The Hall–Kier alpha value is -1.96. The molecular weight excluding hydrogens is 489 g/mol. The number of aliphatic hydroxyl groups is 1. The fourth-order valence-corrected chi connectivity index (χ4v) is 5.66. The van der Waals surface area contributed by atoms with E-state index in [0.29, 0.717) is 31.6 Å². The molecular formula is C30H48FNO4S. The maximum absolute atomic E-state index is 14.0. The molecule has 0 saturated carbocycles. The van der Waals surface area contributed by atoms with Crippen molar-refractivity contribution in [1.29, 1.82) is 0 Å². The highest BCUT2D eigenvalue weighted by Crippen LogP contribution is 2.41. The van der Waals surface area contributed by atoms with Gasteiger partial charge in [-0.25, -0.2) is 12.8 Å². The molecule has 1 aliphatic rings. The normalized spacial score (nSPS) is 19.2. The van der Waals surface area contributed by atoms with E-state index in [1.54, 1.807) is 38.3 Å². The van der Waals surface area contributed by atoms with Crippen LogP contribution in [-0.4, -0.2) is 46.1 Å². The summed E-state index contributed by atoms with van der Waals surface area (Å²) in [6.07, 6.45) is 13.1. The molecule has 0 aliphatic heterocycles. The lowest BCUT2D eigenvalue weighted by Crippen LogP contribution is -2.47. The summed E-state index contributed by atoms with van der Waals surface area (Å²) in [5.41, 5.74) is 1.34. The zero-order chi connectivity index (χ0) is 28.4. The average molecular weight is 538 g/mol. The van der Waals surface area contributed by atoms with Crippen molar-refractivity contribution in [3.63, 3.8) is 0 Å². The molecule has 0 aromatic heterocycles. The van der Waals surface area contributed by atoms with Crippen molar-refractivity contribution in [3.8, 4) is 0 Å². The first-order chi connectivity index (χ1) is 17.2. The van der Waals surface area contributed by atoms with Crippen molar-refractivity contribution in [2.45, 2.75) is 72.3 Å². The third kappa shape index (κ3) is 9.69. The van der Waals surface area contributed by atoms with Crippen LogP contribution < -0.4 is 5.32 Å². The van der Waals surface area contributed by atoms with Crippen LogP contribution in [0.4, 0.5) is 4.39 Å². The fourth-order valence-electron chi connectivity index (χ4n) is 4.88. The molecule has 0 fully saturated rings. The van der Waals surface area contributed by atoms with Gasteiger partial charge in [-0.3, -0.25) is 0 Å². The van der Waals surface area contributed by atoms with Gasteiger partial charge in [-0.2, -0.15) is 0 Å². The smallest absolute Gasteiger partial charge is 0.175 e. The second-order valence-electron chi connectivity index (χ2n) is 10.4. The van der Waals surface area contributed by atoms with Gasteiger partial charge in [0.25, 0.3) is 0 Å². The Balaban J connectivity index is 3.71. The van der Waals surface area contributed by atoms with Crippen LogP contribution in [-0.2, 0) is 14.6 Å². The summed E-state index contributed by atoms with van der Waals surface area (Å²) in [5, 5.41) is 15.4. The third-order valence-corrected chi connectivity index (χ3v) is 8.38. The maximum atomic E-state index is 14.0. The Bertz CT molecular complexity index is 1050. The highest BCUT2D eigenvalue weighted by atomic mass is 32.2. The van der Waals surface area contributed by atoms with Gasteiger partial charge in [0.15, 0.2) is 9.84 Å². The number of allylic oxidation sites excluding steroid dienone is 9. The van der Waals surface area contributed by atoms with E-state index < -0.39 is 15.4 Å². The summed E-state index contributed by atoms with van der Waals surface area (Å²) in [7, 11) is -0.00475. The molecule has 3 atom stereocenters. The van der Waals surface area contributed by atoms with E-state index in [-0.39, 0.29) is 28.5 Å². The lowest BCUT2D eigenvalue weighted by molar-refractivity contribution is -0.0446. The minimum Gasteiger partial charge on any atom is -0.497 e. The number of methoxy groups -OCH3 is 1. The molecule has 210 valence electrons. The van der Waals surface area contributed by atoms with Crippen molar-refractivity contribution in [3.05, 3.63) is 70.2 Å². The summed E-state index contributed by atoms with van der Waals surface area (Å²) in [6, 6.07) is 0. The molecule has 1 rings (SSSR count). The predicted molar refractivity (Wildman–Crippen MR) is 153 cm³/mol. The average Bonchev–Trinajstić information content (AvgIpc) is 2.81. The van der Waals surface area contributed by atoms with Gasteiger partial charge in [0.05, 0.1) is 17.6 Å². The van der Waals surface area contributed by atoms with Crippen molar-refractivity contribution < 1.29 is 22.7 Å². The molecule has 0 radical (unpaired) electrons. The van der Waals surface area contributed by atoms with Crippen molar-refractivity contribution in [1.82, 2.24) is 5.32 Å². The van der Waals surface area contributed by atoms with E-state index in [0.717, 1.165) is 29.6 Å². The van der Waals surface area contributed by atoms with Gasteiger partial charge in [-0.05, 0) is 81.9 Å². The van der Waals surface area contributed by atoms with Crippen molar-refractivity contribution in [2.24, 2.45) is 17.8 Å². The molecule has 0 spiro atoms. The highest BCUT2D eigenvalue weighted by molar-refractivity contribution is 7.94. The summed E-state index contributed by atoms with van der Waals surface area (Å²) < 4.78 is 44.2. The van der Waals surface area contributed by atoms with E-state index in [1.165, 1.54) is 6.26 Å². The van der Waals surface area contributed by atoms with Crippen LogP contribution >= 0.6 is 0 Å².